The highest BCUT2D eigenvalue weighted by Gasteiger charge is 2.16. The van der Waals surface area contributed by atoms with Crippen LogP contribution in [0.15, 0.2) is 57.2 Å². The summed E-state index contributed by atoms with van der Waals surface area (Å²) in [6.07, 6.45) is 0. The highest BCUT2D eigenvalue weighted by atomic mass is 79.9. The number of azo groups is 1. The summed E-state index contributed by atoms with van der Waals surface area (Å²) in [4.78, 5) is 12.1. The number of aromatic nitrogens is 1. The Morgan fingerprint density at radius 1 is 1.25 bits per heavy atom. The van der Waals surface area contributed by atoms with Crippen LogP contribution in [0.1, 0.15) is 17.3 Å². The molecule has 0 aliphatic heterocycles. The summed E-state index contributed by atoms with van der Waals surface area (Å²) in [7, 11) is 0. The summed E-state index contributed by atoms with van der Waals surface area (Å²) in [6, 6.07) is 12.0. The summed E-state index contributed by atoms with van der Waals surface area (Å²) in [5, 5.41) is 19.4. The molecule has 0 aliphatic rings. The van der Waals surface area contributed by atoms with Gasteiger partial charge in [0.25, 0.3) is 5.91 Å². The van der Waals surface area contributed by atoms with Crippen LogP contribution in [0.5, 0.6) is 5.88 Å². The van der Waals surface area contributed by atoms with Crippen LogP contribution in [-0.4, -0.2) is 15.6 Å². The highest BCUT2D eigenvalue weighted by Crippen LogP contribution is 2.40. The minimum absolute atomic E-state index is 0.0155. The molecule has 0 radical (unpaired) electrons. The van der Waals surface area contributed by atoms with Crippen LogP contribution in [0.4, 0.5) is 5.69 Å². The molecule has 0 saturated carbocycles. The Kier molecular flexibility index (Phi) is 4.69. The molecule has 7 heteroatoms. The molecule has 0 fully saturated rings. The normalized spacial score (nSPS) is 11.5. The molecule has 0 saturated heterocycles. The second kappa shape index (κ2) is 6.75. The predicted molar refractivity (Wildman–Crippen MR) is 97.3 cm³/mol. The van der Waals surface area contributed by atoms with Crippen molar-refractivity contribution in [3.05, 3.63) is 57.5 Å². The van der Waals surface area contributed by atoms with Gasteiger partial charge in [0.1, 0.15) is 0 Å². The molecule has 0 unspecified atom stereocenters. The maximum atomic E-state index is 12.1. The smallest absolute Gasteiger partial charge is 0.295 e. The predicted octanol–water partition coefficient (Wildman–Crippen LogP) is 5.71. The van der Waals surface area contributed by atoms with Crippen molar-refractivity contribution in [1.82, 2.24) is 4.57 Å². The van der Waals surface area contributed by atoms with Crippen molar-refractivity contribution in [3.63, 3.8) is 0 Å². The summed E-state index contributed by atoms with van der Waals surface area (Å²) in [5.74, 6) is -0.517. The zero-order valence-electron chi connectivity index (χ0n) is 12.7. The van der Waals surface area contributed by atoms with Crippen molar-refractivity contribution in [3.8, 4) is 5.88 Å². The molecule has 24 heavy (non-hydrogen) atoms. The number of halogens is 2. The number of hydrogen-bond donors (Lipinski definition) is 1. The van der Waals surface area contributed by atoms with E-state index in [2.05, 4.69) is 26.2 Å². The van der Waals surface area contributed by atoms with E-state index in [1.54, 1.807) is 28.8 Å². The molecule has 3 rings (SSSR count). The highest BCUT2D eigenvalue weighted by molar-refractivity contribution is 9.10. The van der Waals surface area contributed by atoms with E-state index in [9.17, 15) is 9.90 Å². The zero-order valence-corrected chi connectivity index (χ0v) is 15.0. The second-order valence-electron chi connectivity index (χ2n) is 5.09. The summed E-state index contributed by atoms with van der Waals surface area (Å²) < 4.78 is 2.56. The van der Waals surface area contributed by atoms with Crippen LogP contribution >= 0.6 is 27.5 Å². The van der Waals surface area contributed by atoms with Crippen LogP contribution < -0.4 is 0 Å². The maximum absolute atomic E-state index is 12.1. The minimum Gasteiger partial charge on any atom is -0.493 e. The average Bonchev–Trinajstić information content (AvgIpc) is 2.83. The lowest BCUT2D eigenvalue weighted by atomic mass is 10.2. The molecule has 0 atom stereocenters. The molecule has 0 spiro atoms. The number of carbonyl (C=O) groups excluding carboxylic acids is 1. The molecule has 1 N–H and O–H groups in total. The van der Waals surface area contributed by atoms with E-state index >= 15 is 0 Å². The van der Waals surface area contributed by atoms with E-state index in [-0.39, 0.29) is 11.6 Å². The molecule has 1 heterocycles. The van der Waals surface area contributed by atoms with Crippen molar-refractivity contribution in [2.24, 2.45) is 10.2 Å². The van der Waals surface area contributed by atoms with Crippen LogP contribution in [0.25, 0.3) is 10.9 Å². The number of carbonyl (C=O) groups is 1. The SMILES string of the molecule is CCn1c(O)c(N=NC(=O)c2ccc(Cl)cc2)c2cc(Br)ccc21. The van der Waals surface area contributed by atoms with Crippen molar-refractivity contribution in [1.29, 1.82) is 0 Å². The standard InChI is InChI=1S/C17H13BrClN3O2/c1-2-22-14-8-5-11(18)9-13(14)15(17(22)24)20-21-16(23)10-3-6-12(19)7-4-10/h3-9,24H,2H2,1H3. The fourth-order valence-electron chi connectivity index (χ4n) is 2.46. The summed E-state index contributed by atoms with van der Waals surface area (Å²) in [6.45, 7) is 2.49. The fraction of sp³-hybridized carbons (Fsp3) is 0.118. The second-order valence-corrected chi connectivity index (χ2v) is 6.44. The number of benzene rings is 2. The molecule has 0 aliphatic carbocycles. The monoisotopic (exact) mass is 405 g/mol. The topological polar surface area (TPSA) is 66.9 Å². The van der Waals surface area contributed by atoms with E-state index < -0.39 is 5.91 Å². The Morgan fingerprint density at radius 3 is 2.62 bits per heavy atom. The molecule has 122 valence electrons. The van der Waals surface area contributed by atoms with Gasteiger partial charge in [-0.15, -0.1) is 10.2 Å². The number of fused-ring (bicyclic) bond motifs is 1. The van der Waals surface area contributed by atoms with Crippen LogP contribution in [0.2, 0.25) is 5.02 Å². The van der Waals surface area contributed by atoms with Crippen LogP contribution in [0.3, 0.4) is 0 Å². The number of rotatable bonds is 3. The Hall–Kier alpha value is -2.18. The third kappa shape index (κ3) is 3.07. The number of amides is 1. The van der Waals surface area contributed by atoms with Gasteiger partial charge in [-0.1, -0.05) is 27.5 Å². The number of nitrogens with zero attached hydrogens (tertiary/aromatic N) is 3. The summed E-state index contributed by atoms with van der Waals surface area (Å²) in [5.41, 5.74) is 1.48. The van der Waals surface area contributed by atoms with Gasteiger partial charge < -0.3 is 9.67 Å². The molecule has 5 nitrogen and oxygen atoms in total. The van der Waals surface area contributed by atoms with Gasteiger partial charge in [0, 0.05) is 27.0 Å². The van der Waals surface area contributed by atoms with Gasteiger partial charge in [-0.25, -0.2) is 0 Å². The van der Waals surface area contributed by atoms with Crippen LogP contribution in [-0.2, 0) is 6.54 Å². The van der Waals surface area contributed by atoms with Gasteiger partial charge in [0.2, 0.25) is 5.88 Å². The zero-order chi connectivity index (χ0) is 17.3. The third-order valence-corrected chi connectivity index (χ3v) is 4.37. The minimum atomic E-state index is -0.501. The molecule has 0 bridgehead atoms. The largest absolute Gasteiger partial charge is 0.493 e. The average molecular weight is 407 g/mol. The lowest BCUT2D eigenvalue weighted by molar-refractivity contribution is 0.0995. The van der Waals surface area contributed by atoms with Crippen molar-refractivity contribution >= 4 is 50.0 Å². The van der Waals surface area contributed by atoms with Gasteiger partial charge in [0.05, 0.1) is 5.52 Å². The van der Waals surface area contributed by atoms with E-state index in [1.807, 2.05) is 25.1 Å². The van der Waals surface area contributed by atoms with Gasteiger partial charge in [-0.05, 0) is 49.4 Å². The van der Waals surface area contributed by atoms with E-state index in [1.165, 1.54) is 0 Å². The fourth-order valence-corrected chi connectivity index (χ4v) is 2.95. The van der Waals surface area contributed by atoms with E-state index in [4.69, 9.17) is 11.6 Å². The Bertz CT molecular complexity index is 949. The Labute approximate surface area is 151 Å². The van der Waals surface area contributed by atoms with Gasteiger partial charge in [-0.2, -0.15) is 0 Å². The molecular weight excluding hydrogens is 394 g/mol. The Morgan fingerprint density at radius 2 is 1.96 bits per heavy atom. The van der Waals surface area contributed by atoms with Crippen LogP contribution in [0, 0.1) is 0 Å². The number of hydrogen-bond acceptors (Lipinski definition) is 3. The molecular formula is C17H13BrClN3O2. The van der Waals surface area contributed by atoms with Crippen molar-refractivity contribution < 1.29 is 9.90 Å². The van der Waals surface area contributed by atoms with Crippen molar-refractivity contribution in [2.75, 3.05) is 0 Å². The molecule has 3 aromatic rings. The Balaban J connectivity index is 2.03. The maximum Gasteiger partial charge on any atom is 0.295 e. The summed E-state index contributed by atoms with van der Waals surface area (Å²) >= 11 is 9.21. The van der Waals surface area contributed by atoms with Crippen molar-refractivity contribution in [2.45, 2.75) is 13.5 Å². The molecule has 2 aromatic carbocycles. The molecule has 1 aromatic heterocycles. The first-order chi connectivity index (χ1) is 11.5. The lowest BCUT2D eigenvalue weighted by Crippen LogP contribution is -1.92. The molecule has 1 amide bonds. The first-order valence-corrected chi connectivity index (χ1v) is 8.40. The third-order valence-electron chi connectivity index (χ3n) is 3.62. The van der Waals surface area contributed by atoms with Gasteiger partial charge in [0.15, 0.2) is 5.69 Å². The van der Waals surface area contributed by atoms with E-state index in [0.29, 0.717) is 17.1 Å². The number of aromatic hydroxyl groups is 1. The quantitative estimate of drug-likeness (QED) is 0.566. The van der Waals surface area contributed by atoms with Gasteiger partial charge >= 0.3 is 0 Å². The first-order valence-electron chi connectivity index (χ1n) is 7.23. The first kappa shape index (κ1) is 16.7. The van der Waals surface area contributed by atoms with E-state index in [0.717, 1.165) is 15.4 Å². The lowest BCUT2D eigenvalue weighted by Gasteiger charge is -2.01. The number of aryl methyl sites for hydroxylation is 1. The van der Waals surface area contributed by atoms with Gasteiger partial charge in [-0.3, -0.25) is 4.79 Å².